The van der Waals surface area contributed by atoms with E-state index in [0.717, 1.165) is 11.8 Å². The molecule has 0 aromatic heterocycles. The number of piperidine rings is 3. The van der Waals surface area contributed by atoms with Crippen LogP contribution in [0.25, 0.3) is 0 Å². The van der Waals surface area contributed by atoms with Gasteiger partial charge in [0.15, 0.2) is 0 Å². The van der Waals surface area contributed by atoms with Gasteiger partial charge in [0.2, 0.25) is 0 Å². The van der Waals surface area contributed by atoms with E-state index in [-0.39, 0.29) is 0 Å². The molecule has 2 bridgehead atoms. The largest absolute Gasteiger partial charge is 0.378 e. The number of benzene rings is 1. The standard InChI is InChI=1S/C15H22N2/c1-16(2)14-5-3-12(4-6-14)15-11-17-9-7-13(15)8-10-17/h3-6,13,15H,7-11H2,1-2H3. The van der Waals surface area contributed by atoms with Gasteiger partial charge < -0.3 is 9.80 Å². The molecule has 0 aliphatic carbocycles. The van der Waals surface area contributed by atoms with Crippen LogP contribution in [0.15, 0.2) is 24.3 Å². The van der Waals surface area contributed by atoms with Gasteiger partial charge in [0, 0.05) is 26.3 Å². The first-order chi connectivity index (χ1) is 8.24. The van der Waals surface area contributed by atoms with Crippen LogP contribution in [0.5, 0.6) is 0 Å². The molecule has 3 saturated heterocycles. The van der Waals surface area contributed by atoms with Crippen LogP contribution in [-0.4, -0.2) is 38.6 Å². The van der Waals surface area contributed by atoms with E-state index in [4.69, 9.17) is 0 Å². The summed E-state index contributed by atoms with van der Waals surface area (Å²) >= 11 is 0. The summed E-state index contributed by atoms with van der Waals surface area (Å²) in [5.41, 5.74) is 2.85. The molecule has 1 aromatic rings. The van der Waals surface area contributed by atoms with Crippen LogP contribution in [0, 0.1) is 5.92 Å². The molecule has 0 spiro atoms. The average molecular weight is 230 g/mol. The number of fused-ring (bicyclic) bond motifs is 3. The van der Waals surface area contributed by atoms with Crippen molar-refractivity contribution in [3.63, 3.8) is 0 Å². The zero-order chi connectivity index (χ0) is 11.8. The van der Waals surface area contributed by atoms with E-state index in [1.807, 2.05) is 0 Å². The van der Waals surface area contributed by atoms with Crippen molar-refractivity contribution in [1.82, 2.24) is 4.90 Å². The molecule has 3 aliphatic heterocycles. The molecule has 4 rings (SSSR count). The molecule has 3 fully saturated rings. The highest BCUT2D eigenvalue weighted by atomic mass is 15.1. The van der Waals surface area contributed by atoms with Crippen LogP contribution in [0.1, 0.15) is 24.3 Å². The van der Waals surface area contributed by atoms with Crippen LogP contribution in [0.2, 0.25) is 0 Å². The van der Waals surface area contributed by atoms with E-state index < -0.39 is 0 Å². The lowest BCUT2D eigenvalue weighted by Gasteiger charge is -2.45. The van der Waals surface area contributed by atoms with Crippen molar-refractivity contribution >= 4 is 5.69 Å². The summed E-state index contributed by atoms with van der Waals surface area (Å²) in [4.78, 5) is 4.80. The van der Waals surface area contributed by atoms with Crippen molar-refractivity contribution in [3.8, 4) is 0 Å². The smallest absolute Gasteiger partial charge is 0.0361 e. The van der Waals surface area contributed by atoms with Gasteiger partial charge in [-0.2, -0.15) is 0 Å². The zero-order valence-electron chi connectivity index (χ0n) is 10.9. The van der Waals surface area contributed by atoms with Crippen molar-refractivity contribution in [2.24, 2.45) is 5.92 Å². The van der Waals surface area contributed by atoms with Gasteiger partial charge in [0.05, 0.1) is 0 Å². The van der Waals surface area contributed by atoms with Gasteiger partial charge >= 0.3 is 0 Å². The van der Waals surface area contributed by atoms with E-state index in [2.05, 4.69) is 48.2 Å². The maximum Gasteiger partial charge on any atom is 0.0361 e. The Kier molecular flexibility index (Phi) is 2.83. The first-order valence-corrected chi connectivity index (χ1v) is 6.73. The van der Waals surface area contributed by atoms with E-state index in [0.29, 0.717) is 0 Å². The second kappa shape index (κ2) is 4.34. The van der Waals surface area contributed by atoms with Crippen molar-refractivity contribution in [1.29, 1.82) is 0 Å². The highest BCUT2D eigenvalue weighted by molar-refractivity contribution is 5.46. The Balaban J connectivity index is 1.80. The minimum atomic E-state index is 0.786. The molecule has 1 atom stereocenters. The molecule has 92 valence electrons. The summed E-state index contributed by atoms with van der Waals surface area (Å²) in [5.74, 6) is 1.72. The topological polar surface area (TPSA) is 6.48 Å². The predicted octanol–water partition coefficient (Wildman–Crippen LogP) is 2.56. The molecular formula is C15H22N2. The Bertz CT molecular complexity index is 374. The Morgan fingerprint density at radius 2 is 1.71 bits per heavy atom. The third-order valence-electron chi connectivity index (χ3n) is 4.49. The van der Waals surface area contributed by atoms with Gasteiger partial charge in [-0.3, -0.25) is 0 Å². The molecule has 1 unspecified atom stereocenters. The van der Waals surface area contributed by atoms with Crippen molar-refractivity contribution in [2.45, 2.75) is 18.8 Å². The normalized spacial score (nSPS) is 31.5. The van der Waals surface area contributed by atoms with Gasteiger partial charge in [0.25, 0.3) is 0 Å². The minimum absolute atomic E-state index is 0.786. The van der Waals surface area contributed by atoms with Crippen molar-refractivity contribution in [2.75, 3.05) is 38.6 Å². The molecule has 3 heterocycles. The van der Waals surface area contributed by atoms with E-state index in [9.17, 15) is 0 Å². The summed E-state index contributed by atoms with van der Waals surface area (Å²) in [7, 11) is 4.20. The predicted molar refractivity (Wildman–Crippen MR) is 72.7 cm³/mol. The van der Waals surface area contributed by atoms with Crippen LogP contribution in [0.3, 0.4) is 0 Å². The fourth-order valence-corrected chi connectivity index (χ4v) is 3.36. The van der Waals surface area contributed by atoms with E-state index in [1.165, 1.54) is 38.2 Å². The van der Waals surface area contributed by atoms with Crippen LogP contribution in [-0.2, 0) is 0 Å². The lowest BCUT2D eigenvalue weighted by molar-refractivity contribution is 0.0871. The Hall–Kier alpha value is -1.02. The second-order valence-corrected chi connectivity index (χ2v) is 5.73. The molecule has 2 nitrogen and oxygen atoms in total. The summed E-state index contributed by atoms with van der Waals surface area (Å²) < 4.78 is 0. The van der Waals surface area contributed by atoms with Gasteiger partial charge in [0.1, 0.15) is 0 Å². The highest BCUT2D eigenvalue weighted by Crippen LogP contribution is 2.39. The zero-order valence-corrected chi connectivity index (χ0v) is 10.9. The molecular weight excluding hydrogens is 208 g/mol. The number of nitrogens with zero attached hydrogens (tertiary/aromatic N) is 2. The van der Waals surface area contributed by atoms with Crippen LogP contribution >= 0.6 is 0 Å². The molecule has 1 aromatic carbocycles. The Morgan fingerprint density at radius 1 is 1.06 bits per heavy atom. The molecule has 0 radical (unpaired) electrons. The fraction of sp³-hybridized carbons (Fsp3) is 0.600. The van der Waals surface area contributed by atoms with Gasteiger partial charge in [-0.05, 0) is 55.5 Å². The number of anilines is 1. The van der Waals surface area contributed by atoms with Crippen molar-refractivity contribution in [3.05, 3.63) is 29.8 Å². The van der Waals surface area contributed by atoms with Gasteiger partial charge in [-0.1, -0.05) is 12.1 Å². The third-order valence-corrected chi connectivity index (χ3v) is 4.49. The lowest BCUT2D eigenvalue weighted by Crippen LogP contribution is -2.46. The molecule has 0 saturated carbocycles. The van der Waals surface area contributed by atoms with E-state index in [1.54, 1.807) is 5.56 Å². The molecule has 2 heteroatoms. The van der Waals surface area contributed by atoms with Gasteiger partial charge in [-0.25, -0.2) is 0 Å². The maximum absolute atomic E-state index is 2.63. The Labute approximate surface area is 104 Å². The summed E-state index contributed by atoms with van der Waals surface area (Å²) in [5, 5.41) is 0. The minimum Gasteiger partial charge on any atom is -0.378 e. The second-order valence-electron chi connectivity index (χ2n) is 5.73. The SMILES string of the molecule is CN(C)c1ccc(C2CN3CCC2CC3)cc1. The summed E-state index contributed by atoms with van der Waals surface area (Å²) in [6, 6.07) is 9.18. The number of hydrogen-bond acceptors (Lipinski definition) is 2. The van der Waals surface area contributed by atoms with Crippen LogP contribution in [0.4, 0.5) is 5.69 Å². The summed E-state index contributed by atoms with van der Waals surface area (Å²) in [6.45, 7) is 3.94. The quantitative estimate of drug-likeness (QED) is 0.770. The third kappa shape index (κ3) is 2.06. The maximum atomic E-state index is 2.63. The number of hydrogen-bond donors (Lipinski definition) is 0. The highest BCUT2D eigenvalue weighted by Gasteiger charge is 2.34. The van der Waals surface area contributed by atoms with E-state index >= 15 is 0 Å². The first-order valence-electron chi connectivity index (χ1n) is 6.73. The monoisotopic (exact) mass is 230 g/mol. The Morgan fingerprint density at radius 3 is 2.18 bits per heavy atom. The molecule has 0 N–H and O–H groups in total. The summed E-state index contributed by atoms with van der Waals surface area (Å²) in [6.07, 6.45) is 2.81. The number of rotatable bonds is 2. The van der Waals surface area contributed by atoms with Crippen molar-refractivity contribution < 1.29 is 0 Å². The average Bonchev–Trinajstić information content (AvgIpc) is 2.40. The van der Waals surface area contributed by atoms with Crippen LogP contribution < -0.4 is 4.90 Å². The fourth-order valence-electron chi connectivity index (χ4n) is 3.36. The molecule has 0 amide bonds. The molecule has 3 aliphatic rings. The van der Waals surface area contributed by atoms with Gasteiger partial charge in [-0.15, -0.1) is 0 Å². The lowest BCUT2D eigenvalue weighted by atomic mass is 9.75. The first kappa shape index (κ1) is 11.1. The molecule has 17 heavy (non-hydrogen) atoms.